The summed E-state index contributed by atoms with van der Waals surface area (Å²) in [5.74, 6) is -1.34. The number of rotatable bonds is 1. The monoisotopic (exact) mass is 153 g/mol. The molecule has 0 heterocycles. The first-order valence-electron chi connectivity index (χ1n) is 3.52. The van der Waals surface area contributed by atoms with Gasteiger partial charge in [-0.1, -0.05) is 12.6 Å². The maximum absolute atomic E-state index is 9.00. The summed E-state index contributed by atoms with van der Waals surface area (Å²) in [6.45, 7) is 1.02. The van der Waals surface area contributed by atoms with Crippen LogP contribution in [-0.2, 0) is 0 Å². The van der Waals surface area contributed by atoms with Crippen molar-refractivity contribution < 1.29 is 16.7 Å². The fourth-order valence-electron chi connectivity index (χ4n) is 0.722. The quantitative estimate of drug-likeness (QED) is 0.535. The Labute approximate surface area is 65.3 Å². The lowest BCUT2D eigenvalue weighted by Crippen LogP contribution is -1.74. The van der Waals surface area contributed by atoms with E-state index in [1.54, 1.807) is 0 Å². The average molecular weight is 153 g/mol. The van der Waals surface area contributed by atoms with Crippen LogP contribution in [0.25, 0.3) is 6.08 Å². The molecular weight excluding hydrogens is 144 g/mol. The summed E-state index contributed by atoms with van der Waals surface area (Å²) in [4.78, 5) is 0. The molecule has 58 valence electrons. The molecule has 0 aromatic heterocycles. The zero-order valence-electron chi connectivity index (χ0n) is 6.65. The first kappa shape index (κ1) is 6.09. The van der Waals surface area contributed by atoms with E-state index >= 15 is 0 Å². The van der Waals surface area contributed by atoms with Crippen molar-refractivity contribution in [2.75, 3.05) is 0 Å². The minimum Gasteiger partial charge on any atom is -0.504 e. The van der Waals surface area contributed by atoms with Gasteiger partial charge in [0, 0.05) is 0 Å². The van der Waals surface area contributed by atoms with Crippen molar-refractivity contribution in [3.05, 3.63) is 24.3 Å². The Hall–Kier alpha value is -1.64. The van der Waals surface area contributed by atoms with Crippen LogP contribution in [-0.4, -0.2) is 15.3 Å². The second-order valence-electron chi connectivity index (χ2n) is 2.07. The Kier molecular flexibility index (Phi) is 1.41. The lowest BCUT2D eigenvalue weighted by atomic mass is 10.2. The van der Waals surface area contributed by atoms with Gasteiger partial charge in [0.2, 0.25) is 0 Å². The smallest absolute Gasteiger partial charge is 0.200 e. The summed E-state index contributed by atoms with van der Waals surface area (Å²) in [6.07, 6.45) is 1.37. The van der Waals surface area contributed by atoms with Crippen LogP contribution in [0.15, 0.2) is 18.7 Å². The highest BCUT2D eigenvalue weighted by atomic mass is 16.3. The topological polar surface area (TPSA) is 60.7 Å². The van der Waals surface area contributed by atoms with Crippen LogP contribution in [0.4, 0.5) is 0 Å². The van der Waals surface area contributed by atoms with Crippen LogP contribution >= 0.6 is 0 Å². The second-order valence-corrected chi connectivity index (χ2v) is 2.07. The van der Waals surface area contributed by atoms with Gasteiger partial charge in [-0.05, 0) is 17.7 Å². The minimum absolute atomic E-state index is 0.400. The molecule has 0 bridgehead atoms. The van der Waals surface area contributed by atoms with E-state index in [0.29, 0.717) is 5.56 Å². The number of hydrogen-bond acceptors (Lipinski definition) is 3. The van der Waals surface area contributed by atoms with Crippen molar-refractivity contribution in [1.29, 1.82) is 0 Å². The Bertz CT molecular complexity index is 297. The molecular formula is C8H8O3. The van der Waals surface area contributed by atoms with Gasteiger partial charge < -0.3 is 15.3 Å². The molecule has 0 amide bonds. The van der Waals surface area contributed by atoms with Gasteiger partial charge in [-0.2, -0.15) is 0 Å². The molecule has 1 aromatic rings. The summed E-state index contributed by atoms with van der Waals surface area (Å²) in [5.41, 5.74) is 0.456. The van der Waals surface area contributed by atoms with Gasteiger partial charge in [0.05, 0.1) is 1.37 Å². The Morgan fingerprint density at radius 2 is 1.82 bits per heavy atom. The van der Waals surface area contributed by atoms with Gasteiger partial charge in [0.15, 0.2) is 17.2 Å². The van der Waals surface area contributed by atoms with E-state index in [2.05, 4.69) is 0 Å². The summed E-state index contributed by atoms with van der Waals surface area (Å²) in [7, 11) is 0. The van der Waals surface area contributed by atoms with Crippen molar-refractivity contribution in [3.63, 3.8) is 0 Å². The molecule has 0 radical (unpaired) electrons. The number of hydrogen-bond donors (Lipinski definition) is 3. The molecule has 3 heteroatoms. The fraction of sp³-hybridized carbons (Fsp3) is 0. The molecule has 3 nitrogen and oxygen atoms in total. The molecule has 3 N–H and O–H groups in total. The standard InChI is InChI=1S/C8H8O3/c1-2-5-3-6(9)8(11)7(10)4-5/h2-4,9-11H,1H2/i1D. The molecule has 0 saturated carbocycles. The third-order valence-corrected chi connectivity index (χ3v) is 1.28. The largest absolute Gasteiger partial charge is 0.504 e. The normalized spacial score (nSPS) is 11.8. The van der Waals surface area contributed by atoms with Crippen molar-refractivity contribution >= 4 is 6.08 Å². The molecule has 11 heavy (non-hydrogen) atoms. The van der Waals surface area contributed by atoms with Gasteiger partial charge in [-0.25, -0.2) is 0 Å². The molecule has 0 saturated heterocycles. The van der Waals surface area contributed by atoms with Gasteiger partial charge in [0.1, 0.15) is 0 Å². The van der Waals surface area contributed by atoms with Gasteiger partial charge in [0.25, 0.3) is 0 Å². The molecule has 1 rings (SSSR count). The lowest BCUT2D eigenvalue weighted by molar-refractivity contribution is 0.368. The molecule has 0 aliphatic carbocycles. The number of phenols is 3. The summed E-state index contributed by atoms with van der Waals surface area (Å²) >= 11 is 0. The zero-order chi connectivity index (χ0) is 9.14. The molecule has 0 atom stereocenters. The summed E-state index contributed by atoms with van der Waals surface area (Å²) in [6, 6.07) is 2.50. The van der Waals surface area contributed by atoms with Gasteiger partial charge in [-0.3, -0.25) is 0 Å². The average Bonchev–Trinajstić information content (AvgIpc) is 2.01. The Morgan fingerprint density at radius 1 is 1.27 bits per heavy atom. The first-order chi connectivity index (χ1) is 5.65. The van der Waals surface area contributed by atoms with E-state index in [1.165, 1.54) is 18.2 Å². The molecule has 0 unspecified atom stereocenters. The first-order valence-corrected chi connectivity index (χ1v) is 2.95. The van der Waals surface area contributed by atoms with E-state index in [-0.39, 0.29) is 0 Å². The highest BCUT2D eigenvalue weighted by Gasteiger charge is 2.05. The second kappa shape index (κ2) is 2.54. The summed E-state index contributed by atoms with van der Waals surface area (Å²) in [5, 5.41) is 26.9. The Balaban J connectivity index is 3.21. The van der Waals surface area contributed by atoms with Crippen molar-refractivity contribution in [2.45, 2.75) is 0 Å². The van der Waals surface area contributed by atoms with Crippen LogP contribution in [0.2, 0.25) is 0 Å². The van der Waals surface area contributed by atoms with Gasteiger partial charge in [-0.15, -0.1) is 0 Å². The van der Waals surface area contributed by atoms with E-state index in [9.17, 15) is 0 Å². The van der Waals surface area contributed by atoms with Crippen LogP contribution in [0.5, 0.6) is 17.2 Å². The highest BCUT2D eigenvalue weighted by molar-refractivity contribution is 5.59. The SMILES string of the molecule is [2H]C=Cc1cc(O)c(O)c(O)c1. The van der Waals surface area contributed by atoms with Crippen LogP contribution < -0.4 is 0 Å². The van der Waals surface area contributed by atoms with Crippen LogP contribution in [0.3, 0.4) is 0 Å². The molecule has 0 fully saturated rings. The number of benzene rings is 1. The molecule has 0 spiro atoms. The maximum Gasteiger partial charge on any atom is 0.200 e. The van der Waals surface area contributed by atoms with Crippen molar-refractivity contribution in [3.8, 4) is 17.2 Å². The predicted octanol–water partition coefficient (Wildman–Crippen LogP) is 1.45. The molecule has 0 aliphatic heterocycles. The van der Waals surface area contributed by atoms with Crippen LogP contribution in [0.1, 0.15) is 6.93 Å². The molecule has 0 aliphatic rings. The maximum atomic E-state index is 9.00. The van der Waals surface area contributed by atoms with E-state index in [0.717, 1.165) is 6.55 Å². The van der Waals surface area contributed by atoms with E-state index in [4.69, 9.17) is 16.7 Å². The van der Waals surface area contributed by atoms with Gasteiger partial charge >= 0.3 is 0 Å². The van der Waals surface area contributed by atoms with E-state index < -0.39 is 17.2 Å². The third kappa shape index (κ3) is 1.26. The predicted molar refractivity (Wildman–Crippen MR) is 41.5 cm³/mol. The fourth-order valence-corrected chi connectivity index (χ4v) is 0.722. The minimum atomic E-state index is -0.544. The summed E-state index contributed by atoms with van der Waals surface area (Å²) < 4.78 is 6.73. The van der Waals surface area contributed by atoms with Crippen molar-refractivity contribution in [2.24, 2.45) is 0 Å². The third-order valence-electron chi connectivity index (χ3n) is 1.28. The van der Waals surface area contributed by atoms with E-state index in [1.807, 2.05) is 0 Å². The zero-order valence-corrected chi connectivity index (χ0v) is 5.65. The highest BCUT2D eigenvalue weighted by Crippen LogP contribution is 2.35. The Morgan fingerprint density at radius 3 is 2.27 bits per heavy atom. The van der Waals surface area contributed by atoms with Crippen molar-refractivity contribution in [1.82, 2.24) is 0 Å². The number of phenolic OH excluding ortho intramolecular Hbond substituents is 3. The van der Waals surface area contributed by atoms with Crippen LogP contribution in [0, 0.1) is 0 Å². The molecule has 1 aromatic carbocycles. The lowest BCUT2D eigenvalue weighted by Gasteiger charge is -2.01. The number of aromatic hydroxyl groups is 3.